The summed E-state index contributed by atoms with van der Waals surface area (Å²) in [6, 6.07) is 17.6. The topological polar surface area (TPSA) is 18.5 Å². The van der Waals surface area contributed by atoms with Gasteiger partial charge in [0.2, 0.25) is 0 Å². The van der Waals surface area contributed by atoms with Gasteiger partial charge in [-0.15, -0.1) is 0 Å². The maximum absolute atomic E-state index is 15.2. The summed E-state index contributed by atoms with van der Waals surface area (Å²) in [6.07, 6.45) is 0. The third kappa shape index (κ3) is 6.65. The number of hydrogen-bond donors (Lipinski definition) is 0. The molecule has 284 valence electrons. The van der Waals surface area contributed by atoms with Gasteiger partial charge in [0.1, 0.15) is 30.6 Å². The van der Waals surface area contributed by atoms with Crippen molar-refractivity contribution in [3.05, 3.63) is 129 Å². The summed E-state index contributed by atoms with van der Waals surface area (Å²) < 4.78 is 102. The predicted molar refractivity (Wildman–Crippen MR) is 201 cm³/mol. The van der Waals surface area contributed by atoms with Crippen LogP contribution in [0.2, 0.25) is 0 Å². The molecule has 5 aromatic carbocycles. The lowest BCUT2D eigenvalue weighted by molar-refractivity contribution is -0.962. The minimum atomic E-state index is -1.58. The number of benzene rings is 5. The van der Waals surface area contributed by atoms with Crippen LogP contribution < -0.4 is 9.47 Å². The van der Waals surface area contributed by atoms with Crippen molar-refractivity contribution in [2.24, 2.45) is 0 Å². The zero-order valence-corrected chi connectivity index (χ0v) is 32.4. The van der Waals surface area contributed by atoms with E-state index in [1.807, 2.05) is 84.0 Å². The summed E-state index contributed by atoms with van der Waals surface area (Å²) in [4.78, 5) is 0. The molecule has 0 N–H and O–H groups in total. The van der Waals surface area contributed by atoms with Gasteiger partial charge < -0.3 is 14.0 Å². The molecular formula is C45H46F6NO2+. The minimum Gasteiger partial charge on any atom is -0.496 e. The molecule has 0 amide bonds. The number of rotatable bonds is 6. The molecule has 0 unspecified atom stereocenters. The molecule has 0 radical (unpaired) electrons. The fraction of sp³-hybridized carbons (Fsp3) is 0.333. The first kappa shape index (κ1) is 38.9. The Morgan fingerprint density at radius 1 is 0.574 bits per heavy atom. The number of quaternary nitrogens is 1. The van der Waals surface area contributed by atoms with E-state index in [9.17, 15) is 8.78 Å². The lowest BCUT2D eigenvalue weighted by Crippen LogP contribution is -2.44. The molecule has 0 aliphatic carbocycles. The van der Waals surface area contributed by atoms with Crippen LogP contribution in [0.1, 0.15) is 82.3 Å². The highest BCUT2D eigenvalue weighted by Crippen LogP contribution is 2.54. The first-order valence-corrected chi connectivity index (χ1v) is 17.9. The van der Waals surface area contributed by atoms with Crippen LogP contribution in [0.5, 0.6) is 11.5 Å². The third-order valence-electron chi connectivity index (χ3n) is 10.9. The molecule has 5 aromatic rings. The Morgan fingerprint density at radius 2 is 0.926 bits per heavy atom. The number of fused-ring (bicyclic) bond motifs is 3. The van der Waals surface area contributed by atoms with E-state index in [1.54, 1.807) is 0 Å². The first-order valence-electron chi connectivity index (χ1n) is 17.9. The van der Waals surface area contributed by atoms with Crippen molar-refractivity contribution < 1.29 is 40.3 Å². The Labute approximate surface area is 313 Å². The van der Waals surface area contributed by atoms with Crippen molar-refractivity contribution in [1.82, 2.24) is 0 Å². The van der Waals surface area contributed by atoms with Gasteiger partial charge in [-0.25, -0.2) is 26.3 Å². The zero-order valence-electron chi connectivity index (χ0n) is 32.4. The van der Waals surface area contributed by atoms with Crippen molar-refractivity contribution in [2.75, 3.05) is 21.3 Å². The molecule has 1 aliphatic heterocycles. The van der Waals surface area contributed by atoms with E-state index in [4.69, 9.17) is 9.47 Å². The molecule has 54 heavy (non-hydrogen) atoms. The van der Waals surface area contributed by atoms with Crippen LogP contribution in [0.4, 0.5) is 26.3 Å². The van der Waals surface area contributed by atoms with Crippen LogP contribution in [0.15, 0.2) is 66.7 Å². The van der Waals surface area contributed by atoms with Gasteiger partial charge >= 0.3 is 0 Å². The molecule has 0 aromatic heterocycles. The van der Waals surface area contributed by atoms with E-state index in [0.717, 1.165) is 41.0 Å². The maximum atomic E-state index is 15.2. The van der Waals surface area contributed by atoms with Gasteiger partial charge in [-0.2, -0.15) is 0 Å². The van der Waals surface area contributed by atoms with Gasteiger partial charge in [-0.05, 0) is 76.4 Å². The van der Waals surface area contributed by atoms with E-state index in [0.29, 0.717) is 44.9 Å². The van der Waals surface area contributed by atoms with E-state index in [2.05, 4.69) is 14.0 Å². The Kier molecular flexibility index (Phi) is 9.97. The number of nitrogens with zero attached hydrogens (tertiary/aromatic N) is 1. The molecule has 9 heteroatoms. The molecule has 3 nitrogen and oxygen atoms in total. The van der Waals surface area contributed by atoms with Crippen molar-refractivity contribution in [1.29, 1.82) is 0 Å². The Hall–Kier alpha value is -4.76. The molecule has 0 fully saturated rings. The van der Waals surface area contributed by atoms with Crippen LogP contribution in [-0.2, 0) is 23.9 Å². The number of halogens is 6. The highest BCUT2D eigenvalue weighted by molar-refractivity contribution is 5.91. The van der Waals surface area contributed by atoms with Crippen molar-refractivity contribution in [3.63, 3.8) is 0 Å². The standard InChI is InChI=1S/C45H46F6NO2/c1-24(25-14-12-11-13-15-25)52(8)22-30-28(20-32(44(2,3)4)42(53-9)38(30)26-16-34(46)40(50)35(47)17-26)29-21-33(45(5,6)7)43(54-10)39(31(29)23-52)27-18-36(48)41(51)37(49)19-27/h11-21,24H,22-23H2,1-10H3/q+1/t24-/m1/s1. The summed E-state index contributed by atoms with van der Waals surface area (Å²) in [5.41, 5.74) is 5.08. The highest BCUT2D eigenvalue weighted by Gasteiger charge is 2.42. The summed E-state index contributed by atoms with van der Waals surface area (Å²) >= 11 is 0. The summed E-state index contributed by atoms with van der Waals surface area (Å²) in [5, 5.41) is 0. The molecule has 0 bridgehead atoms. The fourth-order valence-corrected chi connectivity index (χ4v) is 7.91. The van der Waals surface area contributed by atoms with E-state index < -0.39 is 45.7 Å². The zero-order chi connectivity index (χ0) is 39.7. The normalized spacial score (nSPS) is 14.6. The van der Waals surface area contributed by atoms with E-state index in [1.165, 1.54) is 14.2 Å². The molecular weight excluding hydrogens is 700 g/mol. The van der Waals surface area contributed by atoms with Gasteiger partial charge in [0.05, 0.1) is 21.3 Å². The third-order valence-corrected chi connectivity index (χ3v) is 10.9. The average Bonchev–Trinajstić information content (AvgIpc) is 3.23. The molecule has 0 spiro atoms. The second-order valence-corrected chi connectivity index (χ2v) is 16.6. The SMILES string of the molecule is COc1c(C(C)(C)C)cc2c(c1-c1cc(F)c(F)c(F)c1)C[N+](C)([C@H](C)c1ccccc1)Cc1c-2cc(C(C)(C)C)c(OC)c1-c1cc(F)c(F)c(F)c1. The first-order chi connectivity index (χ1) is 25.2. The second-order valence-electron chi connectivity index (χ2n) is 16.6. The van der Waals surface area contributed by atoms with Gasteiger partial charge in [-0.1, -0.05) is 71.9 Å². The Morgan fingerprint density at radius 3 is 1.24 bits per heavy atom. The largest absolute Gasteiger partial charge is 0.496 e. The highest BCUT2D eigenvalue weighted by atomic mass is 19.2. The molecule has 1 atom stereocenters. The number of ether oxygens (including phenoxy) is 2. The minimum absolute atomic E-state index is 0.0976. The van der Waals surface area contributed by atoms with Crippen molar-refractivity contribution in [2.45, 2.75) is 78.4 Å². The van der Waals surface area contributed by atoms with Gasteiger partial charge in [-0.3, -0.25) is 0 Å². The second kappa shape index (κ2) is 13.8. The molecule has 0 saturated carbocycles. The summed E-state index contributed by atoms with van der Waals surface area (Å²) in [5.74, 6) is -7.74. The Bertz CT molecular complexity index is 2090. The quantitative estimate of drug-likeness (QED) is 0.0979. The van der Waals surface area contributed by atoms with Crippen LogP contribution in [0.25, 0.3) is 33.4 Å². The monoisotopic (exact) mass is 746 g/mol. The van der Waals surface area contributed by atoms with E-state index >= 15 is 17.6 Å². The van der Waals surface area contributed by atoms with Gasteiger partial charge in [0.25, 0.3) is 0 Å². The van der Waals surface area contributed by atoms with E-state index in [-0.39, 0.29) is 34.7 Å². The average molecular weight is 747 g/mol. The molecule has 1 heterocycles. The number of hydrogen-bond acceptors (Lipinski definition) is 2. The lowest BCUT2D eigenvalue weighted by Gasteiger charge is -2.41. The van der Waals surface area contributed by atoms with Gasteiger partial charge in [0.15, 0.2) is 34.9 Å². The fourth-order valence-electron chi connectivity index (χ4n) is 7.91. The summed E-state index contributed by atoms with van der Waals surface area (Å²) in [6.45, 7) is 14.6. The number of methoxy groups -OCH3 is 2. The molecule has 0 saturated heterocycles. The Balaban J connectivity index is 1.89. The summed E-state index contributed by atoms with van der Waals surface area (Å²) in [7, 11) is 5.05. The van der Waals surface area contributed by atoms with Crippen LogP contribution in [-0.4, -0.2) is 25.8 Å². The van der Waals surface area contributed by atoms with Crippen molar-refractivity contribution in [3.8, 4) is 44.9 Å². The van der Waals surface area contributed by atoms with Crippen LogP contribution in [0.3, 0.4) is 0 Å². The molecule has 1 aliphatic rings. The smallest absolute Gasteiger partial charge is 0.194 e. The predicted octanol–water partition coefficient (Wildman–Crippen LogP) is 12.4. The lowest BCUT2D eigenvalue weighted by atomic mass is 9.76. The van der Waals surface area contributed by atoms with Crippen molar-refractivity contribution >= 4 is 0 Å². The van der Waals surface area contributed by atoms with Crippen LogP contribution in [0, 0.1) is 34.9 Å². The maximum Gasteiger partial charge on any atom is 0.194 e. The molecule has 6 rings (SSSR count). The van der Waals surface area contributed by atoms with Gasteiger partial charge in [0, 0.05) is 38.9 Å². The van der Waals surface area contributed by atoms with Crippen LogP contribution >= 0.6 is 0 Å².